The average Bonchev–Trinajstić information content (AvgIpc) is 2.74. The van der Waals surface area contributed by atoms with Crippen LogP contribution >= 0.6 is 0 Å². The molecule has 2 rings (SSSR count). The van der Waals surface area contributed by atoms with Crippen LogP contribution in [0.25, 0.3) is 0 Å². The van der Waals surface area contributed by atoms with E-state index >= 15 is 0 Å². The molecule has 3 atom stereocenters. The van der Waals surface area contributed by atoms with Gasteiger partial charge in [-0.2, -0.15) is 0 Å². The van der Waals surface area contributed by atoms with Crippen LogP contribution < -0.4 is 0 Å². The van der Waals surface area contributed by atoms with Gasteiger partial charge in [-0.05, 0) is 32.1 Å². The minimum absolute atomic E-state index is 0.105. The monoisotopic (exact) mass is 206 g/mol. The van der Waals surface area contributed by atoms with E-state index in [1.807, 2.05) is 6.92 Å². The highest BCUT2D eigenvalue weighted by Crippen LogP contribution is 2.58. The van der Waals surface area contributed by atoms with Gasteiger partial charge in [0.05, 0.1) is 11.7 Å². The fraction of sp³-hybridized carbons (Fsp3) is 0.714. The number of fused-ring (bicyclic) bond motifs is 1. The molecule has 15 heavy (non-hydrogen) atoms. The second-order valence-electron chi connectivity index (χ2n) is 6.00. The summed E-state index contributed by atoms with van der Waals surface area (Å²) in [5.41, 5.74) is 1.58. The molecule has 0 aromatic carbocycles. The fourth-order valence-corrected chi connectivity index (χ4v) is 3.04. The van der Waals surface area contributed by atoms with E-state index in [1.165, 1.54) is 12.8 Å². The van der Waals surface area contributed by atoms with Gasteiger partial charge in [-0.25, -0.2) is 0 Å². The molecule has 1 heteroatoms. The van der Waals surface area contributed by atoms with Gasteiger partial charge in [0.15, 0.2) is 0 Å². The molecule has 1 aliphatic carbocycles. The first-order valence-corrected chi connectivity index (χ1v) is 5.88. The molecule has 0 amide bonds. The lowest BCUT2D eigenvalue weighted by molar-refractivity contribution is 0.136. The third-order valence-electron chi connectivity index (χ3n) is 4.06. The molecule has 1 saturated heterocycles. The van der Waals surface area contributed by atoms with Crippen molar-refractivity contribution in [1.82, 2.24) is 0 Å². The highest BCUT2D eigenvalue weighted by Gasteiger charge is 2.63. The number of hydrogen-bond donors (Lipinski definition) is 0. The van der Waals surface area contributed by atoms with Crippen LogP contribution in [-0.2, 0) is 4.74 Å². The minimum Gasteiger partial charge on any atom is -0.366 e. The smallest absolute Gasteiger partial charge is 0.0987 e. The zero-order valence-electron chi connectivity index (χ0n) is 10.3. The molecular formula is C14H22O. The summed E-state index contributed by atoms with van der Waals surface area (Å²) in [5.74, 6) is 0.528. The van der Waals surface area contributed by atoms with Gasteiger partial charge < -0.3 is 4.74 Å². The van der Waals surface area contributed by atoms with Gasteiger partial charge in [0.25, 0.3) is 0 Å². The van der Waals surface area contributed by atoms with Crippen LogP contribution in [0.4, 0.5) is 0 Å². The van der Waals surface area contributed by atoms with Gasteiger partial charge in [0.1, 0.15) is 0 Å². The molecule has 1 heterocycles. The first kappa shape index (κ1) is 10.9. The van der Waals surface area contributed by atoms with Crippen molar-refractivity contribution in [3.05, 3.63) is 24.3 Å². The second kappa shape index (κ2) is 3.21. The zero-order valence-corrected chi connectivity index (χ0v) is 10.3. The Hall–Kier alpha value is -0.560. The molecule has 2 fully saturated rings. The van der Waals surface area contributed by atoms with Crippen molar-refractivity contribution >= 4 is 0 Å². The minimum atomic E-state index is 0.105. The van der Waals surface area contributed by atoms with E-state index in [0.29, 0.717) is 17.4 Å². The fourth-order valence-electron chi connectivity index (χ4n) is 3.04. The quantitative estimate of drug-likeness (QED) is 0.495. The van der Waals surface area contributed by atoms with Crippen LogP contribution in [0.2, 0.25) is 0 Å². The Bertz CT molecular complexity index is 309. The van der Waals surface area contributed by atoms with Crippen LogP contribution in [0.5, 0.6) is 0 Å². The number of allylic oxidation sites excluding steroid dienone is 2. The summed E-state index contributed by atoms with van der Waals surface area (Å²) in [7, 11) is 0. The number of ether oxygens (including phenoxy) is 1. The van der Waals surface area contributed by atoms with E-state index in [1.54, 1.807) is 0 Å². The first-order chi connectivity index (χ1) is 6.86. The Morgan fingerprint density at radius 2 is 2.07 bits per heavy atom. The number of rotatable bonds is 2. The molecule has 0 bridgehead atoms. The SMILES string of the molecule is C=C(C)/C=C/[C@@H]1C(C)(C)CC[C@@H]2O[C@@]21C. The van der Waals surface area contributed by atoms with E-state index in [2.05, 4.69) is 39.5 Å². The van der Waals surface area contributed by atoms with Crippen LogP contribution in [0.3, 0.4) is 0 Å². The number of epoxide rings is 1. The van der Waals surface area contributed by atoms with Crippen molar-refractivity contribution < 1.29 is 4.74 Å². The van der Waals surface area contributed by atoms with Gasteiger partial charge in [0.2, 0.25) is 0 Å². The molecule has 2 aliphatic rings. The molecule has 84 valence electrons. The third kappa shape index (κ3) is 1.78. The topological polar surface area (TPSA) is 12.5 Å². The van der Waals surface area contributed by atoms with Gasteiger partial charge in [0, 0.05) is 5.92 Å². The zero-order chi connectivity index (χ0) is 11.3. The molecule has 1 saturated carbocycles. The molecule has 0 aromatic heterocycles. The van der Waals surface area contributed by atoms with E-state index in [4.69, 9.17) is 4.74 Å². The number of hydrogen-bond acceptors (Lipinski definition) is 1. The highest BCUT2D eigenvalue weighted by molar-refractivity contribution is 5.22. The van der Waals surface area contributed by atoms with Gasteiger partial charge in [-0.1, -0.05) is 38.2 Å². The van der Waals surface area contributed by atoms with Crippen LogP contribution in [0.1, 0.15) is 40.5 Å². The largest absolute Gasteiger partial charge is 0.366 e. The highest BCUT2D eigenvalue weighted by atomic mass is 16.6. The van der Waals surface area contributed by atoms with Gasteiger partial charge in [-0.15, -0.1) is 0 Å². The molecule has 1 aliphatic heterocycles. The maximum absolute atomic E-state index is 5.86. The average molecular weight is 206 g/mol. The Balaban J connectivity index is 2.21. The normalized spacial score (nSPS) is 42.7. The molecule has 0 unspecified atom stereocenters. The summed E-state index contributed by atoms with van der Waals surface area (Å²) < 4.78 is 5.86. The molecule has 0 aromatic rings. The van der Waals surface area contributed by atoms with E-state index in [0.717, 1.165) is 5.57 Å². The van der Waals surface area contributed by atoms with Gasteiger partial charge >= 0.3 is 0 Å². The summed E-state index contributed by atoms with van der Waals surface area (Å²) in [6.45, 7) is 12.9. The maximum atomic E-state index is 5.86. The molecular weight excluding hydrogens is 184 g/mol. The lowest BCUT2D eigenvalue weighted by atomic mass is 9.64. The Morgan fingerprint density at radius 3 is 2.67 bits per heavy atom. The van der Waals surface area contributed by atoms with Crippen molar-refractivity contribution in [2.45, 2.75) is 52.2 Å². The Kier molecular flexibility index (Phi) is 2.34. The van der Waals surface area contributed by atoms with Crippen LogP contribution in [0, 0.1) is 11.3 Å². The van der Waals surface area contributed by atoms with Crippen molar-refractivity contribution in [2.24, 2.45) is 11.3 Å². The van der Waals surface area contributed by atoms with E-state index in [-0.39, 0.29) is 5.60 Å². The standard InChI is InChI=1S/C14H22O/c1-10(2)6-7-11-13(3,4)9-8-12-14(11,5)15-12/h6-7,11-12H,1,8-9H2,2-5H3/b7-6+/t11-,12+,14-/m1/s1. The predicted octanol–water partition coefficient (Wildman–Crippen LogP) is 3.71. The predicted molar refractivity (Wildman–Crippen MR) is 63.7 cm³/mol. The summed E-state index contributed by atoms with van der Waals surface area (Å²) in [5, 5.41) is 0. The second-order valence-corrected chi connectivity index (χ2v) is 6.00. The summed E-state index contributed by atoms with van der Waals surface area (Å²) in [6, 6.07) is 0. The Morgan fingerprint density at radius 1 is 1.40 bits per heavy atom. The van der Waals surface area contributed by atoms with E-state index in [9.17, 15) is 0 Å². The maximum Gasteiger partial charge on any atom is 0.0987 e. The van der Waals surface area contributed by atoms with Crippen LogP contribution in [-0.4, -0.2) is 11.7 Å². The Labute approximate surface area is 93.2 Å². The summed E-state index contributed by atoms with van der Waals surface area (Å²) in [6.07, 6.45) is 7.44. The van der Waals surface area contributed by atoms with Crippen LogP contribution in [0.15, 0.2) is 24.3 Å². The lowest BCUT2D eigenvalue weighted by Crippen LogP contribution is -2.39. The van der Waals surface area contributed by atoms with Crippen molar-refractivity contribution in [3.63, 3.8) is 0 Å². The molecule has 0 spiro atoms. The lowest BCUT2D eigenvalue weighted by Gasteiger charge is -2.38. The molecule has 0 N–H and O–H groups in total. The summed E-state index contributed by atoms with van der Waals surface area (Å²) >= 11 is 0. The van der Waals surface area contributed by atoms with Crippen molar-refractivity contribution in [3.8, 4) is 0 Å². The molecule has 1 nitrogen and oxygen atoms in total. The van der Waals surface area contributed by atoms with Gasteiger partial charge in [-0.3, -0.25) is 0 Å². The van der Waals surface area contributed by atoms with E-state index < -0.39 is 0 Å². The molecule has 0 radical (unpaired) electrons. The van der Waals surface area contributed by atoms with Crippen molar-refractivity contribution in [2.75, 3.05) is 0 Å². The summed E-state index contributed by atoms with van der Waals surface area (Å²) in [4.78, 5) is 0. The first-order valence-electron chi connectivity index (χ1n) is 5.88. The van der Waals surface area contributed by atoms with Crippen molar-refractivity contribution in [1.29, 1.82) is 0 Å². The third-order valence-corrected chi connectivity index (χ3v) is 4.06.